The van der Waals surface area contributed by atoms with Crippen molar-refractivity contribution in [2.45, 2.75) is 58.1 Å². The first kappa shape index (κ1) is 26.7. The lowest BCUT2D eigenvalue weighted by molar-refractivity contribution is 0.0617. The van der Waals surface area contributed by atoms with Crippen LogP contribution >= 0.6 is 0 Å². The van der Waals surface area contributed by atoms with Crippen LogP contribution in [0.1, 0.15) is 48.8 Å². The zero-order chi connectivity index (χ0) is 27.4. The van der Waals surface area contributed by atoms with Gasteiger partial charge in [0, 0.05) is 35.9 Å². The third-order valence-electron chi connectivity index (χ3n) is 7.39. The van der Waals surface area contributed by atoms with Crippen molar-refractivity contribution in [2.75, 3.05) is 31.6 Å². The van der Waals surface area contributed by atoms with Crippen LogP contribution in [0.2, 0.25) is 0 Å². The summed E-state index contributed by atoms with van der Waals surface area (Å²) < 4.78 is 12.2. The number of carbonyl (C=O) groups excluding carboxylic acids is 1. The smallest absolute Gasteiger partial charge is 0.319 e. The number of amides is 2. The molecule has 2 heterocycles. The van der Waals surface area contributed by atoms with Crippen molar-refractivity contribution >= 4 is 22.6 Å². The number of aromatic nitrogens is 1. The third-order valence-corrected chi connectivity index (χ3v) is 7.39. The summed E-state index contributed by atoms with van der Waals surface area (Å²) in [5, 5.41) is 26.8. The van der Waals surface area contributed by atoms with E-state index in [1.54, 1.807) is 24.4 Å². The van der Waals surface area contributed by atoms with Crippen molar-refractivity contribution in [2.24, 2.45) is 0 Å². The summed E-state index contributed by atoms with van der Waals surface area (Å²) in [6.45, 7) is 6.54. The predicted molar refractivity (Wildman–Crippen MR) is 149 cm³/mol. The minimum absolute atomic E-state index is 0.102. The van der Waals surface area contributed by atoms with E-state index >= 15 is 0 Å². The molecule has 1 saturated carbocycles. The van der Waals surface area contributed by atoms with Gasteiger partial charge in [0.1, 0.15) is 36.0 Å². The second kappa shape index (κ2) is 11.9. The van der Waals surface area contributed by atoms with Gasteiger partial charge < -0.3 is 30.1 Å². The van der Waals surface area contributed by atoms with Crippen LogP contribution < -0.4 is 20.1 Å². The molecule has 2 aliphatic rings. The molecule has 204 valence electrons. The van der Waals surface area contributed by atoms with E-state index in [4.69, 9.17) is 9.47 Å². The predicted octanol–water partition coefficient (Wildman–Crippen LogP) is 5.03. The lowest BCUT2D eigenvalue weighted by Gasteiger charge is -2.28. The van der Waals surface area contributed by atoms with Gasteiger partial charge in [-0.1, -0.05) is 6.42 Å². The Morgan fingerprint density at radius 2 is 1.92 bits per heavy atom. The number of nitrogens with zero attached hydrogens (tertiary/aromatic N) is 3. The summed E-state index contributed by atoms with van der Waals surface area (Å²) in [6, 6.07) is 11.1. The fourth-order valence-electron chi connectivity index (χ4n) is 4.85. The topological polar surface area (TPSA) is 120 Å². The number of hydrogen-bond acceptors (Lipinski definition) is 7. The lowest BCUT2D eigenvalue weighted by Crippen LogP contribution is -2.38. The molecule has 0 radical (unpaired) electrons. The Hall–Kier alpha value is -3.87. The Balaban J connectivity index is 1.31. The number of β-amino-alcohol motifs (C(OH)–C–C–N with tert-alkyl or cyclic N) is 1. The SMILES string of the molecule is Cc1c(NC(=O)NC2CC2)ccc(Oc2ccnc3cc(OC[C@@H](O)CN4CCCCC4)c(C#N)cc23)c1C. The molecule has 3 N–H and O–H groups in total. The number of carbonyl (C=O) groups is 1. The molecule has 2 aromatic carbocycles. The number of ether oxygens (including phenoxy) is 2. The van der Waals surface area contributed by atoms with E-state index in [-0.39, 0.29) is 18.7 Å². The summed E-state index contributed by atoms with van der Waals surface area (Å²) in [4.78, 5) is 18.9. The summed E-state index contributed by atoms with van der Waals surface area (Å²) in [7, 11) is 0. The third kappa shape index (κ3) is 6.59. The van der Waals surface area contributed by atoms with Gasteiger partial charge >= 0.3 is 6.03 Å². The van der Waals surface area contributed by atoms with Gasteiger partial charge in [-0.3, -0.25) is 4.98 Å². The molecule has 1 saturated heterocycles. The number of rotatable bonds is 9. The van der Waals surface area contributed by atoms with Crippen molar-refractivity contribution in [3.05, 3.63) is 53.2 Å². The second-order valence-electron chi connectivity index (χ2n) is 10.4. The average molecular weight is 530 g/mol. The number of aliphatic hydroxyl groups is 1. The zero-order valence-corrected chi connectivity index (χ0v) is 22.5. The summed E-state index contributed by atoms with van der Waals surface area (Å²) in [5.41, 5.74) is 3.50. The fourth-order valence-corrected chi connectivity index (χ4v) is 4.85. The number of fused-ring (bicyclic) bond motifs is 1. The quantitative estimate of drug-likeness (QED) is 0.356. The number of likely N-dealkylation sites (tertiary alicyclic amines) is 1. The second-order valence-corrected chi connectivity index (χ2v) is 10.4. The number of nitrogens with one attached hydrogen (secondary N) is 2. The number of nitriles is 1. The van der Waals surface area contributed by atoms with Gasteiger partial charge in [-0.05, 0) is 88.0 Å². The number of anilines is 1. The number of pyridine rings is 1. The minimum atomic E-state index is -0.642. The van der Waals surface area contributed by atoms with Gasteiger partial charge in [-0.2, -0.15) is 5.26 Å². The highest BCUT2D eigenvalue weighted by molar-refractivity contribution is 5.91. The number of piperidine rings is 1. The Kier molecular flexibility index (Phi) is 8.15. The molecule has 0 spiro atoms. The molecule has 1 atom stereocenters. The van der Waals surface area contributed by atoms with Crippen LogP contribution in [-0.4, -0.2) is 59.4 Å². The van der Waals surface area contributed by atoms with Crippen molar-refractivity contribution in [3.8, 4) is 23.3 Å². The summed E-state index contributed by atoms with van der Waals surface area (Å²) in [5.74, 6) is 1.59. The standard InChI is InChI=1S/C30H35N5O4/c1-19-20(2)27(9-8-25(19)34-30(37)33-22-6-7-22)39-28-10-11-32-26-15-29(21(16-31)14-24(26)28)38-18-23(36)17-35-12-4-3-5-13-35/h8-11,14-15,22-23,36H,3-7,12-13,17-18H2,1-2H3,(H2,33,34,37)/t23-/m0/s1. The largest absolute Gasteiger partial charge is 0.489 e. The van der Waals surface area contributed by atoms with E-state index in [9.17, 15) is 15.2 Å². The molecule has 9 nitrogen and oxygen atoms in total. The molecule has 2 amide bonds. The molecule has 39 heavy (non-hydrogen) atoms. The van der Waals surface area contributed by atoms with E-state index < -0.39 is 6.10 Å². The number of benzene rings is 2. The van der Waals surface area contributed by atoms with E-state index in [1.165, 1.54) is 6.42 Å². The Morgan fingerprint density at radius 1 is 1.13 bits per heavy atom. The van der Waals surface area contributed by atoms with E-state index in [0.29, 0.717) is 40.3 Å². The molecule has 1 aliphatic carbocycles. The first-order valence-corrected chi connectivity index (χ1v) is 13.6. The maximum atomic E-state index is 12.2. The van der Waals surface area contributed by atoms with Crippen LogP contribution in [0.3, 0.4) is 0 Å². The number of aliphatic hydroxyl groups excluding tert-OH is 1. The first-order chi connectivity index (χ1) is 18.9. The van der Waals surface area contributed by atoms with Gasteiger partial charge in [-0.25, -0.2) is 4.79 Å². The monoisotopic (exact) mass is 529 g/mol. The molecule has 1 aromatic heterocycles. The van der Waals surface area contributed by atoms with E-state index in [1.807, 2.05) is 26.0 Å². The molecular weight excluding hydrogens is 494 g/mol. The molecule has 3 aromatic rings. The van der Waals surface area contributed by atoms with Gasteiger partial charge in [0.25, 0.3) is 0 Å². The van der Waals surface area contributed by atoms with Crippen molar-refractivity contribution in [1.29, 1.82) is 5.26 Å². The number of urea groups is 1. The molecule has 9 heteroatoms. The highest BCUT2D eigenvalue weighted by atomic mass is 16.5. The maximum absolute atomic E-state index is 12.2. The summed E-state index contributed by atoms with van der Waals surface area (Å²) in [6.07, 6.45) is 6.62. The molecule has 5 rings (SSSR count). The first-order valence-electron chi connectivity index (χ1n) is 13.6. The normalized spacial score (nSPS) is 16.4. The Morgan fingerprint density at radius 3 is 2.67 bits per heavy atom. The fraction of sp³-hybridized carbons (Fsp3) is 0.433. The Bertz CT molecular complexity index is 1390. The molecule has 2 fully saturated rings. The van der Waals surface area contributed by atoms with Crippen molar-refractivity contribution < 1.29 is 19.4 Å². The lowest BCUT2D eigenvalue weighted by atomic mass is 10.1. The highest BCUT2D eigenvalue weighted by Gasteiger charge is 2.23. The number of hydrogen-bond donors (Lipinski definition) is 3. The highest BCUT2D eigenvalue weighted by Crippen LogP contribution is 2.36. The van der Waals surface area contributed by atoms with Crippen LogP contribution in [0.5, 0.6) is 17.2 Å². The molecule has 0 unspecified atom stereocenters. The maximum Gasteiger partial charge on any atom is 0.319 e. The molecule has 1 aliphatic heterocycles. The zero-order valence-electron chi connectivity index (χ0n) is 22.5. The van der Waals surface area contributed by atoms with Crippen molar-refractivity contribution in [3.63, 3.8) is 0 Å². The summed E-state index contributed by atoms with van der Waals surface area (Å²) >= 11 is 0. The van der Waals surface area contributed by atoms with Gasteiger partial charge in [0.15, 0.2) is 0 Å². The molecule has 0 bridgehead atoms. The van der Waals surface area contributed by atoms with Crippen LogP contribution in [0.15, 0.2) is 36.5 Å². The van der Waals surface area contributed by atoms with Crippen molar-refractivity contribution in [1.82, 2.24) is 15.2 Å². The van der Waals surface area contributed by atoms with Gasteiger partial charge in [0.05, 0.1) is 11.1 Å². The van der Waals surface area contributed by atoms with E-state index in [2.05, 4.69) is 26.6 Å². The van der Waals surface area contributed by atoms with Crippen LogP contribution in [0.4, 0.5) is 10.5 Å². The molecular formula is C30H35N5O4. The Labute approximate surface area is 228 Å². The van der Waals surface area contributed by atoms with Gasteiger partial charge in [-0.15, -0.1) is 0 Å². The van der Waals surface area contributed by atoms with Crippen LogP contribution in [-0.2, 0) is 0 Å². The van der Waals surface area contributed by atoms with E-state index in [0.717, 1.165) is 55.6 Å². The van der Waals surface area contributed by atoms with Crippen LogP contribution in [0, 0.1) is 25.2 Å². The average Bonchev–Trinajstić information content (AvgIpc) is 3.75. The minimum Gasteiger partial charge on any atom is -0.489 e. The van der Waals surface area contributed by atoms with Gasteiger partial charge in [0.2, 0.25) is 0 Å². The van der Waals surface area contributed by atoms with Crippen LogP contribution in [0.25, 0.3) is 10.9 Å².